The van der Waals surface area contributed by atoms with E-state index < -0.39 is 0 Å². The average Bonchev–Trinajstić information content (AvgIpc) is 3.03. The van der Waals surface area contributed by atoms with Gasteiger partial charge in [-0.25, -0.2) is 0 Å². The van der Waals surface area contributed by atoms with Crippen LogP contribution in [0.25, 0.3) is 11.4 Å². The SMILES string of the molecule is Nc1nc(-c2ccncc2)nn1C(=O)C1CCOc2ccccc21. The fourth-order valence-corrected chi connectivity index (χ4v) is 2.86. The van der Waals surface area contributed by atoms with Gasteiger partial charge in [0.2, 0.25) is 5.95 Å². The van der Waals surface area contributed by atoms with Crippen molar-refractivity contribution in [2.24, 2.45) is 0 Å². The Kier molecular flexibility index (Phi) is 3.45. The first-order valence-electron chi connectivity index (χ1n) is 7.63. The number of hydrogen-bond donors (Lipinski definition) is 1. The first-order chi connectivity index (χ1) is 11.7. The van der Waals surface area contributed by atoms with Crippen molar-refractivity contribution in [3.8, 4) is 17.1 Å². The van der Waals surface area contributed by atoms with E-state index in [1.54, 1.807) is 24.5 Å². The zero-order chi connectivity index (χ0) is 16.5. The molecule has 0 radical (unpaired) electrons. The third-order valence-electron chi connectivity index (χ3n) is 4.04. The van der Waals surface area contributed by atoms with Gasteiger partial charge in [-0.2, -0.15) is 9.67 Å². The van der Waals surface area contributed by atoms with Crippen LogP contribution in [0.4, 0.5) is 5.95 Å². The molecule has 3 heterocycles. The molecule has 0 bridgehead atoms. The number of ether oxygens (including phenoxy) is 1. The first-order valence-corrected chi connectivity index (χ1v) is 7.63. The molecule has 0 saturated heterocycles. The summed E-state index contributed by atoms with van der Waals surface area (Å²) in [7, 11) is 0. The summed E-state index contributed by atoms with van der Waals surface area (Å²) in [6, 6.07) is 11.1. The van der Waals surface area contributed by atoms with Crippen molar-refractivity contribution in [3.05, 3.63) is 54.4 Å². The molecule has 4 rings (SSSR count). The Morgan fingerprint density at radius 2 is 2.00 bits per heavy atom. The molecule has 120 valence electrons. The molecule has 1 aliphatic rings. The van der Waals surface area contributed by atoms with E-state index in [0.29, 0.717) is 18.9 Å². The highest BCUT2D eigenvalue weighted by atomic mass is 16.5. The number of carbonyl (C=O) groups is 1. The lowest BCUT2D eigenvalue weighted by Crippen LogP contribution is -2.27. The molecule has 0 spiro atoms. The van der Waals surface area contributed by atoms with Gasteiger partial charge in [0.1, 0.15) is 5.75 Å². The zero-order valence-electron chi connectivity index (χ0n) is 12.8. The molecule has 3 aromatic rings. The molecule has 24 heavy (non-hydrogen) atoms. The average molecular weight is 321 g/mol. The summed E-state index contributed by atoms with van der Waals surface area (Å²) in [5, 5.41) is 4.29. The maximum absolute atomic E-state index is 12.9. The summed E-state index contributed by atoms with van der Waals surface area (Å²) >= 11 is 0. The van der Waals surface area contributed by atoms with Gasteiger partial charge in [0.15, 0.2) is 5.82 Å². The number of benzene rings is 1. The van der Waals surface area contributed by atoms with Crippen molar-refractivity contribution in [1.29, 1.82) is 0 Å². The standard InChI is InChI=1S/C17H15N5O2/c18-17-20-15(11-5-8-19-9-6-11)21-22(17)16(23)13-7-10-24-14-4-2-1-3-12(13)14/h1-6,8-9,13H,7,10H2,(H2,18,20,21). The number of pyridine rings is 1. The van der Waals surface area contributed by atoms with Crippen LogP contribution in [0.5, 0.6) is 5.75 Å². The van der Waals surface area contributed by atoms with Gasteiger partial charge in [0.25, 0.3) is 5.91 Å². The van der Waals surface area contributed by atoms with E-state index in [9.17, 15) is 4.79 Å². The van der Waals surface area contributed by atoms with Crippen LogP contribution in [0.15, 0.2) is 48.8 Å². The van der Waals surface area contributed by atoms with Crippen LogP contribution in [0.3, 0.4) is 0 Å². The number of hydrogen-bond acceptors (Lipinski definition) is 6. The van der Waals surface area contributed by atoms with Gasteiger partial charge in [-0.3, -0.25) is 9.78 Å². The number of carbonyl (C=O) groups excluding carboxylic acids is 1. The molecule has 0 fully saturated rings. The Morgan fingerprint density at radius 1 is 1.21 bits per heavy atom. The van der Waals surface area contributed by atoms with Crippen molar-refractivity contribution in [2.75, 3.05) is 12.3 Å². The summed E-state index contributed by atoms with van der Waals surface area (Å²) in [6.07, 6.45) is 3.87. The molecule has 0 aliphatic carbocycles. The molecule has 7 heteroatoms. The van der Waals surface area contributed by atoms with E-state index in [4.69, 9.17) is 10.5 Å². The van der Waals surface area contributed by atoms with Gasteiger partial charge in [-0.1, -0.05) is 18.2 Å². The number of aromatic nitrogens is 4. The predicted octanol–water partition coefficient (Wildman–Crippen LogP) is 2.13. The quantitative estimate of drug-likeness (QED) is 0.777. The van der Waals surface area contributed by atoms with Crippen molar-refractivity contribution in [1.82, 2.24) is 19.7 Å². The Morgan fingerprint density at radius 3 is 2.83 bits per heavy atom. The number of nitrogens with two attached hydrogens (primary N) is 1. The normalized spacial score (nSPS) is 16.2. The summed E-state index contributed by atoms with van der Waals surface area (Å²) < 4.78 is 6.79. The minimum atomic E-state index is -0.343. The van der Waals surface area contributed by atoms with Crippen LogP contribution in [0.1, 0.15) is 22.7 Å². The summed E-state index contributed by atoms with van der Waals surface area (Å²) in [5.74, 6) is 0.676. The van der Waals surface area contributed by atoms with Gasteiger partial charge >= 0.3 is 0 Å². The number of nitrogen functional groups attached to an aromatic ring is 1. The number of nitrogens with zero attached hydrogens (tertiary/aromatic N) is 4. The minimum Gasteiger partial charge on any atom is -0.493 e. The van der Waals surface area contributed by atoms with Crippen LogP contribution >= 0.6 is 0 Å². The Labute approximate surface area is 138 Å². The van der Waals surface area contributed by atoms with E-state index in [0.717, 1.165) is 16.9 Å². The van der Waals surface area contributed by atoms with Crippen LogP contribution in [0.2, 0.25) is 0 Å². The third-order valence-corrected chi connectivity index (χ3v) is 4.04. The maximum atomic E-state index is 12.9. The number of fused-ring (bicyclic) bond motifs is 1. The topological polar surface area (TPSA) is 95.9 Å². The molecule has 1 aromatic carbocycles. The van der Waals surface area contributed by atoms with Crippen molar-refractivity contribution < 1.29 is 9.53 Å². The molecular weight excluding hydrogens is 306 g/mol. The molecule has 2 N–H and O–H groups in total. The Balaban J connectivity index is 1.70. The number of anilines is 1. The molecule has 1 aliphatic heterocycles. The summed E-state index contributed by atoms with van der Waals surface area (Å²) in [4.78, 5) is 21.1. The predicted molar refractivity (Wildman–Crippen MR) is 87.6 cm³/mol. The van der Waals surface area contributed by atoms with E-state index in [1.807, 2.05) is 24.3 Å². The smallest absolute Gasteiger partial charge is 0.257 e. The van der Waals surface area contributed by atoms with E-state index in [2.05, 4.69) is 15.1 Å². The molecule has 0 amide bonds. The highest BCUT2D eigenvalue weighted by molar-refractivity contribution is 5.88. The van der Waals surface area contributed by atoms with E-state index in [1.165, 1.54) is 4.68 Å². The molecular formula is C17H15N5O2. The minimum absolute atomic E-state index is 0.0794. The zero-order valence-corrected chi connectivity index (χ0v) is 12.8. The molecule has 7 nitrogen and oxygen atoms in total. The second-order valence-electron chi connectivity index (χ2n) is 5.51. The van der Waals surface area contributed by atoms with Gasteiger partial charge in [-0.05, 0) is 24.6 Å². The highest BCUT2D eigenvalue weighted by Crippen LogP contribution is 2.34. The van der Waals surface area contributed by atoms with Crippen LogP contribution < -0.4 is 10.5 Å². The van der Waals surface area contributed by atoms with Crippen LogP contribution in [-0.4, -0.2) is 32.3 Å². The lowest BCUT2D eigenvalue weighted by Gasteiger charge is -2.24. The van der Waals surface area contributed by atoms with Crippen LogP contribution in [0, 0.1) is 0 Å². The van der Waals surface area contributed by atoms with Gasteiger partial charge in [0.05, 0.1) is 12.5 Å². The van der Waals surface area contributed by atoms with Gasteiger partial charge in [-0.15, -0.1) is 5.10 Å². The second-order valence-corrected chi connectivity index (χ2v) is 5.51. The second kappa shape index (κ2) is 5.77. The van der Waals surface area contributed by atoms with E-state index >= 15 is 0 Å². The molecule has 2 aromatic heterocycles. The van der Waals surface area contributed by atoms with Crippen LogP contribution in [-0.2, 0) is 0 Å². The molecule has 1 atom stereocenters. The fourth-order valence-electron chi connectivity index (χ4n) is 2.86. The summed E-state index contributed by atoms with van der Waals surface area (Å²) in [6.45, 7) is 0.485. The molecule has 0 saturated carbocycles. The number of para-hydroxylation sites is 1. The largest absolute Gasteiger partial charge is 0.493 e. The van der Waals surface area contributed by atoms with Crippen molar-refractivity contribution in [2.45, 2.75) is 12.3 Å². The van der Waals surface area contributed by atoms with Gasteiger partial charge in [0, 0.05) is 23.5 Å². The Bertz CT molecular complexity index is 891. The lowest BCUT2D eigenvalue weighted by molar-refractivity contribution is 0.0836. The van der Waals surface area contributed by atoms with Crippen molar-refractivity contribution in [3.63, 3.8) is 0 Å². The maximum Gasteiger partial charge on any atom is 0.257 e. The fraction of sp³-hybridized carbons (Fsp3) is 0.176. The Hall–Kier alpha value is -3.22. The third kappa shape index (κ3) is 2.40. The highest BCUT2D eigenvalue weighted by Gasteiger charge is 2.30. The lowest BCUT2D eigenvalue weighted by atomic mass is 9.92. The summed E-state index contributed by atoms with van der Waals surface area (Å²) in [5.41, 5.74) is 7.54. The molecule has 1 unspecified atom stereocenters. The van der Waals surface area contributed by atoms with E-state index in [-0.39, 0.29) is 17.8 Å². The monoisotopic (exact) mass is 321 g/mol. The van der Waals surface area contributed by atoms with Gasteiger partial charge < -0.3 is 10.5 Å². The van der Waals surface area contributed by atoms with Crippen molar-refractivity contribution >= 4 is 11.9 Å². The first kappa shape index (κ1) is 14.4. The number of rotatable bonds is 2.